The number of rotatable bonds is 6. The van der Waals surface area contributed by atoms with E-state index in [0.29, 0.717) is 26.3 Å². The molecule has 2 aromatic heterocycles. The average molecular weight is 448 g/mol. The number of aromatic hydroxyl groups is 1. The predicted octanol–water partition coefficient (Wildman–Crippen LogP) is 4.75. The molecule has 0 saturated carbocycles. The van der Waals surface area contributed by atoms with Crippen molar-refractivity contribution in [2.45, 2.75) is 20.3 Å². The van der Waals surface area contributed by atoms with Crippen LogP contribution in [-0.4, -0.2) is 59.3 Å². The van der Waals surface area contributed by atoms with Gasteiger partial charge in [0.05, 0.1) is 25.9 Å². The van der Waals surface area contributed by atoms with Gasteiger partial charge in [-0.3, -0.25) is 4.79 Å². The van der Waals surface area contributed by atoms with Crippen LogP contribution in [0.5, 0.6) is 5.75 Å². The van der Waals surface area contributed by atoms with Gasteiger partial charge < -0.3 is 24.5 Å². The maximum Gasteiger partial charge on any atom is 0.257 e. The van der Waals surface area contributed by atoms with Crippen LogP contribution in [0.25, 0.3) is 27.7 Å². The molecule has 2 N–H and O–H groups in total. The largest absolute Gasteiger partial charge is 0.507 e. The third-order valence-corrected chi connectivity index (χ3v) is 5.84. The molecule has 1 amide bonds. The quantitative estimate of drug-likeness (QED) is 0.421. The first-order valence-electron chi connectivity index (χ1n) is 11.2. The molecule has 1 fully saturated rings. The van der Waals surface area contributed by atoms with Gasteiger partial charge >= 0.3 is 0 Å². The first kappa shape index (κ1) is 22.6. The first-order valence-corrected chi connectivity index (χ1v) is 11.2. The maximum atomic E-state index is 13.0. The summed E-state index contributed by atoms with van der Waals surface area (Å²) in [5.74, 6) is 0.573. The Balaban J connectivity index is 1.76. The van der Waals surface area contributed by atoms with Gasteiger partial charge in [-0.25, -0.2) is 4.98 Å². The summed E-state index contributed by atoms with van der Waals surface area (Å²) >= 11 is 0. The van der Waals surface area contributed by atoms with E-state index in [9.17, 15) is 9.90 Å². The van der Waals surface area contributed by atoms with Crippen molar-refractivity contribution < 1.29 is 19.4 Å². The van der Waals surface area contributed by atoms with Crippen LogP contribution in [0.2, 0.25) is 0 Å². The molecule has 172 valence electrons. The van der Waals surface area contributed by atoms with Crippen LogP contribution in [0, 0.1) is 0 Å². The molecule has 0 spiro atoms. The fourth-order valence-corrected chi connectivity index (χ4v) is 4.14. The van der Waals surface area contributed by atoms with Gasteiger partial charge in [-0.2, -0.15) is 0 Å². The van der Waals surface area contributed by atoms with Crippen LogP contribution in [0.15, 0.2) is 54.6 Å². The number of carbonyl (C=O) groups is 1. The Bertz CT molecular complexity index is 1220. The molecule has 1 aromatic carbocycles. The molecule has 0 radical (unpaired) electrons. The molecular weight excluding hydrogens is 418 g/mol. The van der Waals surface area contributed by atoms with E-state index in [2.05, 4.69) is 29.0 Å². The number of benzene rings is 1. The van der Waals surface area contributed by atoms with Crippen LogP contribution < -0.4 is 0 Å². The second-order valence-corrected chi connectivity index (χ2v) is 7.84. The summed E-state index contributed by atoms with van der Waals surface area (Å²) in [6.45, 7) is 6.08. The molecular formula is C26H29N3O4. The number of nitrogens with zero attached hydrogens (tertiary/aromatic N) is 2. The number of ether oxygens (including phenoxy) is 2. The average Bonchev–Trinajstić information content (AvgIpc) is 3.27. The number of methoxy groups -OCH3 is 1. The zero-order valence-electron chi connectivity index (χ0n) is 19.2. The number of fused-ring (bicyclic) bond motifs is 1. The second-order valence-electron chi connectivity index (χ2n) is 7.84. The zero-order valence-corrected chi connectivity index (χ0v) is 19.2. The summed E-state index contributed by atoms with van der Waals surface area (Å²) in [6, 6.07) is 7.15. The Hall–Kier alpha value is -3.58. The van der Waals surface area contributed by atoms with Crippen LogP contribution in [0.1, 0.15) is 36.2 Å². The summed E-state index contributed by atoms with van der Waals surface area (Å²) in [4.78, 5) is 22.5. The number of amides is 1. The minimum Gasteiger partial charge on any atom is -0.507 e. The molecule has 3 aromatic rings. The number of aromatic amines is 1. The van der Waals surface area contributed by atoms with Gasteiger partial charge in [0, 0.05) is 47.6 Å². The lowest BCUT2D eigenvalue weighted by Gasteiger charge is -2.27. The standard InChI is InChI=1S/C26H29N3O4/c1-4-6-19(24(5-2)32-3)22-16-28-25-20(22)14-18(15-27-25)17-7-8-23(30)21(13-17)26(31)29-9-11-33-12-10-29/h5-8,13-16,30H,4,9-12H2,1-3H3,(H,27,28)/b19-6-,24-5+. The highest BCUT2D eigenvalue weighted by Crippen LogP contribution is 2.33. The van der Waals surface area contributed by atoms with E-state index in [4.69, 9.17) is 9.47 Å². The summed E-state index contributed by atoms with van der Waals surface area (Å²) in [6.07, 6.45) is 8.65. The predicted molar refractivity (Wildman–Crippen MR) is 129 cm³/mol. The first-order chi connectivity index (χ1) is 16.1. The lowest BCUT2D eigenvalue weighted by atomic mass is 9.99. The molecule has 0 atom stereocenters. The number of phenols is 1. The molecule has 33 heavy (non-hydrogen) atoms. The van der Waals surface area contributed by atoms with E-state index in [1.165, 1.54) is 0 Å². The smallest absolute Gasteiger partial charge is 0.257 e. The lowest BCUT2D eigenvalue weighted by Crippen LogP contribution is -2.40. The van der Waals surface area contributed by atoms with Gasteiger partial charge in [0.2, 0.25) is 0 Å². The fourth-order valence-electron chi connectivity index (χ4n) is 4.14. The van der Waals surface area contributed by atoms with E-state index in [0.717, 1.165) is 45.5 Å². The molecule has 1 aliphatic heterocycles. The van der Waals surface area contributed by atoms with Gasteiger partial charge in [0.25, 0.3) is 5.91 Å². The van der Waals surface area contributed by atoms with E-state index in [-0.39, 0.29) is 17.2 Å². The van der Waals surface area contributed by atoms with Crippen molar-refractivity contribution in [1.29, 1.82) is 0 Å². The van der Waals surface area contributed by atoms with Gasteiger partial charge in [-0.15, -0.1) is 0 Å². The second kappa shape index (κ2) is 9.92. The molecule has 0 bridgehead atoms. The Morgan fingerprint density at radius 1 is 1.24 bits per heavy atom. The lowest BCUT2D eigenvalue weighted by molar-refractivity contribution is 0.0301. The number of hydrogen-bond donors (Lipinski definition) is 2. The van der Waals surface area contributed by atoms with Crippen molar-refractivity contribution in [3.05, 3.63) is 65.7 Å². The topological polar surface area (TPSA) is 87.7 Å². The minimum absolute atomic E-state index is 0.0300. The highest BCUT2D eigenvalue weighted by atomic mass is 16.5. The fraction of sp³-hybridized carbons (Fsp3) is 0.308. The normalized spacial score (nSPS) is 15.2. The Morgan fingerprint density at radius 2 is 2.03 bits per heavy atom. The number of H-pyrrole nitrogens is 1. The summed E-state index contributed by atoms with van der Waals surface area (Å²) < 4.78 is 10.9. The molecule has 7 nitrogen and oxygen atoms in total. The molecule has 0 aliphatic carbocycles. The highest BCUT2D eigenvalue weighted by molar-refractivity contribution is 5.99. The summed E-state index contributed by atoms with van der Waals surface area (Å²) in [5, 5.41) is 11.3. The third-order valence-electron chi connectivity index (χ3n) is 5.84. The van der Waals surface area contributed by atoms with Crippen molar-refractivity contribution in [1.82, 2.24) is 14.9 Å². The van der Waals surface area contributed by atoms with Crippen molar-refractivity contribution >= 4 is 22.5 Å². The number of nitrogens with one attached hydrogen (secondary N) is 1. The summed E-state index contributed by atoms with van der Waals surface area (Å²) in [5.41, 5.74) is 4.72. The van der Waals surface area contributed by atoms with Crippen molar-refractivity contribution in [2.24, 2.45) is 0 Å². The number of allylic oxidation sites excluding steroid dienone is 3. The van der Waals surface area contributed by atoms with Crippen molar-refractivity contribution in [3.8, 4) is 16.9 Å². The number of morpholine rings is 1. The molecule has 1 saturated heterocycles. The SMILES string of the molecule is C/C=C(OC)\C(=C/CC)c1c[nH]c2ncc(-c3ccc(O)c(C(=O)N4CCOCC4)c3)cc12. The van der Waals surface area contributed by atoms with Gasteiger partial charge in [0.15, 0.2) is 0 Å². The van der Waals surface area contributed by atoms with Crippen LogP contribution in [0.3, 0.4) is 0 Å². The minimum atomic E-state index is -0.194. The van der Waals surface area contributed by atoms with E-state index < -0.39 is 0 Å². The van der Waals surface area contributed by atoms with Crippen LogP contribution in [0.4, 0.5) is 0 Å². The zero-order chi connectivity index (χ0) is 23.4. The van der Waals surface area contributed by atoms with E-state index in [1.807, 2.05) is 19.2 Å². The van der Waals surface area contributed by atoms with E-state index >= 15 is 0 Å². The van der Waals surface area contributed by atoms with E-state index in [1.54, 1.807) is 36.4 Å². The van der Waals surface area contributed by atoms with Crippen molar-refractivity contribution in [2.75, 3.05) is 33.4 Å². The van der Waals surface area contributed by atoms with Gasteiger partial charge in [-0.1, -0.05) is 19.1 Å². The Kier molecular flexibility index (Phi) is 6.79. The summed E-state index contributed by atoms with van der Waals surface area (Å²) in [7, 11) is 1.67. The monoisotopic (exact) mass is 447 g/mol. The van der Waals surface area contributed by atoms with Gasteiger partial charge in [0.1, 0.15) is 17.2 Å². The third kappa shape index (κ3) is 4.50. The van der Waals surface area contributed by atoms with Crippen LogP contribution >= 0.6 is 0 Å². The molecule has 7 heteroatoms. The molecule has 0 unspecified atom stereocenters. The number of pyridine rings is 1. The number of aromatic nitrogens is 2. The van der Waals surface area contributed by atoms with Crippen LogP contribution in [-0.2, 0) is 9.47 Å². The Labute approximate surface area is 193 Å². The maximum absolute atomic E-state index is 13.0. The van der Waals surface area contributed by atoms with Gasteiger partial charge in [-0.05, 0) is 43.2 Å². The molecule has 3 heterocycles. The van der Waals surface area contributed by atoms with Crippen molar-refractivity contribution in [3.63, 3.8) is 0 Å². The molecule has 1 aliphatic rings. The molecule has 4 rings (SSSR count). The number of phenolic OH excluding ortho intramolecular Hbond substituents is 1. The number of hydrogen-bond acceptors (Lipinski definition) is 5. The number of carbonyl (C=O) groups excluding carboxylic acids is 1. The Morgan fingerprint density at radius 3 is 2.73 bits per heavy atom. The highest BCUT2D eigenvalue weighted by Gasteiger charge is 2.22.